The molecule has 2 aliphatic rings. The number of rotatable bonds is 5. The Hall–Kier alpha value is -3.17. The lowest BCUT2D eigenvalue weighted by Crippen LogP contribution is -2.38. The predicted octanol–water partition coefficient (Wildman–Crippen LogP) is 2.98. The fraction of sp³-hybridized carbons (Fsp3) is 0.182. The van der Waals surface area contributed by atoms with Crippen molar-refractivity contribution in [3.63, 3.8) is 0 Å². The first-order valence-electron chi connectivity index (χ1n) is 9.87. The van der Waals surface area contributed by atoms with Crippen LogP contribution in [0.1, 0.15) is 16.4 Å². The summed E-state index contributed by atoms with van der Waals surface area (Å²) in [6.45, 7) is 0.733. The summed E-state index contributed by atoms with van der Waals surface area (Å²) in [4.78, 5) is 19.1. The smallest absolute Gasteiger partial charge is 0.256 e. The third kappa shape index (κ3) is 3.94. The molecule has 4 heterocycles. The number of amidine groups is 1. The zero-order valence-corrected chi connectivity index (χ0v) is 18.1. The number of nitrogens with one attached hydrogen (secondary N) is 2. The Morgan fingerprint density at radius 2 is 2.10 bits per heavy atom. The molecule has 0 saturated heterocycles. The fourth-order valence-corrected chi connectivity index (χ4v) is 5.68. The standard InChI is InChI=1S/C22H20N4O3S2/c27-22(15-7-8-21-25-31(28,29)11-9-26(21)14-15)24-13-18(20-6-3-10-30-20)17-12-23-19-5-2-1-4-16(17)19/h1-8,10,12,14,18,23H,9,11,13H2,(H,24,27). The van der Waals surface area contributed by atoms with Gasteiger partial charge >= 0.3 is 0 Å². The summed E-state index contributed by atoms with van der Waals surface area (Å²) in [6, 6.07) is 12.2. The van der Waals surface area contributed by atoms with Gasteiger partial charge in [-0.05, 0) is 35.2 Å². The molecule has 1 atom stereocenters. The Morgan fingerprint density at radius 3 is 2.94 bits per heavy atom. The molecule has 0 bridgehead atoms. The molecule has 1 amide bonds. The lowest BCUT2D eigenvalue weighted by atomic mass is 9.96. The number of aromatic amines is 1. The fourth-order valence-electron chi connectivity index (χ4n) is 3.87. The molecule has 0 radical (unpaired) electrons. The van der Waals surface area contributed by atoms with E-state index in [2.05, 4.69) is 26.8 Å². The number of benzene rings is 1. The van der Waals surface area contributed by atoms with Crippen molar-refractivity contribution in [2.45, 2.75) is 5.92 Å². The van der Waals surface area contributed by atoms with Crippen molar-refractivity contribution in [2.24, 2.45) is 4.40 Å². The number of para-hydroxylation sites is 1. The zero-order chi connectivity index (χ0) is 21.4. The molecule has 0 saturated carbocycles. The molecular weight excluding hydrogens is 432 g/mol. The highest BCUT2D eigenvalue weighted by molar-refractivity contribution is 7.90. The topological polar surface area (TPSA) is 94.6 Å². The lowest BCUT2D eigenvalue weighted by molar-refractivity contribution is -0.117. The number of H-pyrrole nitrogens is 1. The van der Waals surface area contributed by atoms with Crippen LogP contribution in [0.25, 0.3) is 10.9 Å². The summed E-state index contributed by atoms with van der Waals surface area (Å²) >= 11 is 1.67. The monoisotopic (exact) mass is 452 g/mol. The van der Waals surface area contributed by atoms with E-state index in [9.17, 15) is 13.2 Å². The Morgan fingerprint density at radius 1 is 1.23 bits per heavy atom. The van der Waals surface area contributed by atoms with Crippen LogP contribution in [-0.2, 0) is 14.8 Å². The van der Waals surface area contributed by atoms with Gasteiger partial charge in [0.1, 0.15) is 5.84 Å². The predicted molar refractivity (Wildman–Crippen MR) is 123 cm³/mol. The second kappa shape index (κ2) is 7.82. The van der Waals surface area contributed by atoms with Gasteiger partial charge in [-0.3, -0.25) is 4.79 Å². The van der Waals surface area contributed by atoms with Gasteiger partial charge in [0.2, 0.25) is 0 Å². The molecule has 9 heteroatoms. The quantitative estimate of drug-likeness (QED) is 0.622. The Balaban J connectivity index is 1.37. The highest BCUT2D eigenvalue weighted by atomic mass is 32.2. The van der Waals surface area contributed by atoms with Crippen molar-refractivity contribution in [3.05, 3.63) is 82.3 Å². The van der Waals surface area contributed by atoms with E-state index in [1.165, 1.54) is 4.88 Å². The molecule has 0 fully saturated rings. The summed E-state index contributed by atoms with van der Waals surface area (Å²) in [5.74, 6) is 0.102. The van der Waals surface area contributed by atoms with Crippen LogP contribution in [0.5, 0.6) is 0 Å². The second-order valence-corrected chi connectivity index (χ2v) is 10.1. The van der Waals surface area contributed by atoms with Crippen molar-refractivity contribution in [3.8, 4) is 0 Å². The van der Waals surface area contributed by atoms with Gasteiger partial charge in [-0.15, -0.1) is 15.7 Å². The van der Waals surface area contributed by atoms with E-state index in [1.807, 2.05) is 35.8 Å². The largest absolute Gasteiger partial charge is 0.361 e. The molecular formula is C22H20N4O3S2. The first kappa shape index (κ1) is 19.8. The Bertz CT molecular complexity index is 1330. The third-order valence-electron chi connectivity index (χ3n) is 5.44. The molecule has 2 aliphatic heterocycles. The molecule has 0 spiro atoms. The number of thiophene rings is 1. The number of hydrogen-bond donors (Lipinski definition) is 2. The number of sulfonamides is 1. The summed E-state index contributed by atoms with van der Waals surface area (Å²) in [5, 5.41) is 6.23. The van der Waals surface area contributed by atoms with Crippen LogP contribution in [0.3, 0.4) is 0 Å². The van der Waals surface area contributed by atoms with E-state index in [1.54, 1.807) is 34.6 Å². The number of carbonyl (C=O) groups is 1. The van der Waals surface area contributed by atoms with Crippen molar-refractivity contribution >= 4 is 44.0 Å². The van der Waals surface area contributed by atoms with Crippen LogP contribution in [0.4, 0.5) is 0 Å². The molecule has 5 rings (SSSR count). The molecule has 1 unspecified atom stereocenters. The minimum atomic E-state index is -3.42. The summed E-state index contributed by atoms with van der Waals surface area (Å²) in [6.07, 6.45) is 6.85. The highest BCUT2D eigenvalue weighted by Crippen LogP contribution is 2.33. The number of aromatic nitrogens is 1. The molecule has 1 aromatic carbocycles. The average Bonchev–Trinajstić information content (AvgIpc) is 3.44. The second-order valence-electron chi connectivity index (χ2n) is 7.41. The molecule has 2 N–H and O–H groups in total. The zero-order valence-electron chi connectivity index (χ0n) is 16.5. The molecule has 3 aromatic rings. The maximum Gasteiger partial charge on any atom is 0.256 e. The number of carbonyl (C=O) groups excluding carboxylic acids is 1. The van der Waals surface area contributed by atoms with Gasteiger partial charge in [-0.1, -0.05) is 24.3 Å². The maximum absolute atomic E-state index is 12.9. The van der Waals surface area contributed by atoms with Crippen LogP contribution < -0.4 is 5.32 Å². The highest BCUT2D eigenvalue weighted by Gasteiger charge is 2.26. The Kier molecular flexibility index (Phi) is 4.99. The van der Waals surface area contributed by atoms with E-state index in [-0.39, 0.29) is 24.1 Å². The van der Waals surface area contributed by atoms with Gasteiger partial charge in [0.05, 0.1) is 11.3 Å². The normalized spacial score (nSPS) is 18.3. The van der Waals surface area contributed by atoms with Crippen LogP contribution in [0.2, 0.25) is 0 Å². The van der Waals surface area contributed by atoms with Crippen LogP contribution in [0, 0.1) is 0 Å². The van der Waals surface area contributed by atoms with Crippen molar-refractivity contribution < 1.29 is 13.2 Å². The van der Waals surface area contributed by atoms with Crippen LogP contribution in [-0.4, -0.2) is 48.9 Å². The van der Waals surface area contributed by atoms with Gasteiger partial charge in [-0.25, -0.2) is 8.42 Å². The molecule has 158 valence electrons. The van der Waals surface area contributed by atoms with Gasteiger partial charge in [0.15, 0.2) is 0 Å². The maximum atomic E-state index is 12.9. The molecule has 2 aromatic heterocycles. The van der Waals surface area contributed by atoms with Crippen molar-refractivity contribution in [1.29, 1.82) is 0 Å². The van der Waals surface area contributed by atoms with Gasteiger partial charge in [-0.2, -0.15) is 0 Å². The Labute approximate surface area is 183 Å². The summed E-state index contributed by atoms with van der Waals surface area (Å²) < 4.78 is 27.1. The van der Waals surface area contributed by atoms with Crippen LogP contribution in [0.15, 0.2) is 76.3 Å². The van der Waals surface area contributed by atoms with Gasteiger partial charge in [0, 0.05) is 47.2 Å². The van der Waals surface area contributed by atoms with E-state index < -0.39 is 10.0 Å². The minimum absolute atomic E-state index is 0.0190. The SMILES string of the molecule is O=C(NCC(c1cccs1)c1c[nH]c2ccccc12)C1=CN2CCS(=O)(=O)N=C2C=C1. The number of amides is 1. The number of nitrogens with zero attached hydrogens (tertiary/aromatic N) is 2. The van der Waals surface area contributed by atoms with E-state index in [0.29, 0.717) is 18.0 Å². The van der Waals surface area contributed by atoms with E-state index in [0.717, 1.165) is 16.5 Å². The number of fused-ring (bicyclic) bond motifs is 2. The minimum Gasteiger partial charge on any atom is -0.361 e. The summed E-state index contributed by atoms with van der Waals surface area (Å²) in [7, 11) is -3.42. The third-order valence-corrected chi connectivity index (χ3v) is 7.59. The molecule has 7 nitrogen and oxygen atoms in total. The van der Waals surface area contributed by atoms with Crippen LogP contribution >= 0.6 is 11.3 Å². The average molecular weight is 453 g/mol. The lowest BCUT2D eigenvalue weighted by Gasteiger charge is -2.27. The summed E-state index contributed by atoms with van der Waals surface area (Å²) in [5.41, 5.74) is 2.68. The van der Waals surface area contributed by atoms with Gasteiger partial charge in [0.25, 0.3) is 15.9 Å². The molecule has 31 heavy (non-hydrogen) atoms. The van der Waals surface area contributed by atoms with E-state index >= 15 is 0 Å². The van der Waals surface area contributed by atoms with Gasteiger partial charge < -0.3 is 15.2 Å². The van der Waals surface area contributed by atoms with Crippen molar-refractivity contribution in [2.75, 3.05) is 18.8 Å². The number of hydrogen-bond acceptors (Lipinski definition) is 5. The first-order chi connectivity index (χ1) is 15.0. The van der Waals surface area contributed by atoms with E-state index in [4.69, 9.17) is 0 Å². The van der Waals surface area contributed by atoms with Crippen molar-refractivity contribution in [1.82, 2.24) is 15.2 Å². The molecule has 0 aliphatic carbocycles. The first-order valence-corrected chi connectivity index (χ1v) is 12.4.